The summed E-state index contributed by atoms with van der Waals surface area (Å²) < 4.78 is 10.9. The largest absolute Gasteiger partial charge is 0.311 e. The van der Waals surface area contributed by atoms with E-state index in [1.165, 1.54) is 0 Å². The van der Waals surface area contributed by atoms with Gasteiger partial charge in [-0.1, -0.05) is 13.0 Å². The molecule has 0 saturated heterocycles. The van der Waals surface area contributed by atoms with Gasteiger partial charge in [0.05, 0.1) is 0 Å². The standard InChI is InChI=1S/C12H25NOS/c1-5-7-8-12(6-2)13-11(3)9-10-15(4)14/h5,11-13H,1,6-10H2,2-4H3. The molecular formula is C12H25NOS. The van der Waals surface area contributed by atoms with Crippen LogP contribution in [-0.4, -0.2) is 28.3 Å². The molecule has 3 unspecified atom stereocenters. The first-order valence-electron chi connectivity index (χ1n) is 5.77. The van der Waals surface area contributed by atoms with Crippen molar-refractivity contribution in [1.82, 2.24) is 5.32 Å². The van der Waals surface area contributed by atoms with E-state index in [9.17, 15) is 4.21 Å². The van der Waals surface area contributed by atoms with Crippen LogP contribution in [0.4, 0.5) is 0 Å². The first kappa shape index (κ1) is 14.8. The predicted octanol–water partition coefficient (Wildman–Crippen LogP) is 2.48. The summed E-state index contributed by atoms with van der Waals surface area (Å²) in [5, 5.41) is 3.57. The van der Waals surface area contributed by atoms with Crippen LogP contribution in [0, 0.1) is 0 Å². The molecule has 0 aromatic rings. The summed E-state index contributed by atoms with van der Waals surface area (Å²) in [4.78, 5) is 0. The van der Waals surface area contributed by atoms with E-state index in [0.717, 1.165) is 31.4 Å². The molecule has 90 valence electrons. The van der Waals surface area contributed by atoms with Crippen LogP contribution in [0.25, 0.3) is 0 Å². The SMILES string of the molecule is C=CCCC(CC)NC(C)CCS(C)=O. The second kappa shape index (κ2) is 9.10. The van der Waals surface area contributed by atoms with E-state index < -0.39 is 10.8 Å². The molecule has 0 rings (SSSR count). The van der Waals surface area contributed by atoms with Gasteiger partial charge < -0.3 is 5.32 Å². The molecule has 0 amide bonds. The van der Waals surface area contributed by atoms with Crippen LogP contribution < -0.4 is 5.32 Å². The summed E-state index contributed by atoms with van der Waals surface area (Å²) in [6, 6.07) is 1.03. The first-order chi connectivity index (χ1) is 7.10. The van der Waals surface area contributed by atoms with E-state index in [1.807, 2.05) is 6.08 Å². The monoisotopic (exact) mass is 231 g/mol. The average molecular weight is 231 g/mol. The number of hydrogen-bond acceptors (Lipinski definition) is 2. The van der Waals surface area contributed by atoms with Crippen LogP contribution in [0.3, 0.4) is 0 Å². The van der Waals surface area contributed by atoms with Gasteiger partial charge >= 0.3 is 0 Å². The maximum atomic E-state index is 10.9. The summed E-state index contributed by atoms with van der Waals surface area (Å²) in [5.74, 6) is 0.798. The van der Waals surface area contributed by atoms with Crippen LogP contribution in [0.5, 0.6) is 0 Å². The van der Waals surface area contributed by atoms with Crippen LogP contribution in [-0.2, 0) is 10.8 Å². The maximum Gasteiger partial charge on any atom is 0.0246 e. The summed E-state index contributed by atoms with van der Waals surface area (Å²) in [7, 11) is -0.664. The molecular weight excluding hydrogens is 206 g/mol. The van der Waals surface area contributed by atoms with Crippen molar-refractivity contribution in [3.63, 3.8) is 0 Å². The van der Waals surface area contributed by atoms with Gasteiger partial charge in [0.25, 0.3) is 0 Å². The summed E-state index contributed by atoms with van der Waals surface area (Å²) >= 11 is 0. The fourth-order valence-electron chi connectivity index (χ4n) is 1.55. The van der Waals surface area contributed by atoms with Crippen LogP contribution in [0.1, 0.15) is 39.5 Å². The van der Waals surface area contributed by atoms with Gasteiger partial charge in [-0.2, -0.15) is 0 Å². The highest BCUT2D eigenvalue weighted by Crippen LogP contribution is 2.05. The number of hydrogen-bond donors (Lipinski definition) is 1. The van der Waals surface area contributed by atoms with E-state index in [-0.39, 0.29) is 0 Å². The van der Waals surface area contributed by atoms with Crippen LogP contribution >= 0.6 is 0 Å². The zero-order chi connectivity index (χ0) is 11.7. The van der Waals surface area contributed by atoms with E-state index in [2.05, 4.69) is 25.7 Å². The van der Waals surface area contributed by atoms with Crippen LogP contribution in [0.2, 0.25) is 0 Å². The Hall–Kier alpha value is -0.150. The van der Waals surface area contributed by atoms with Gasteiger partial charge in [0, 0.05) is 34.9 Å². The Kier molecular flexibility index (Phi) is 9.01. The van der Waals surface area contributed by atoms with Gasteiger partial charge in [0.1, 0.15) is 0 Å². The molecule has 0 aliphatic rings. The molecule has 2 nitrogen and oxygen atoms in total. The van der Waals surface area contributed by atoms with Gasteiger partial charge in [-0.05, 0) is 32.6 Å². The minimum Gasteiger partial charge on any atom is -0.311 e. The van der Waals surface area contributed by atoms with Gasteiger partial charge in [-0.25, -0.2) is 0 Å². The maximum absolute atomic E-state index is 10.9. The predicted molar refractivity (Wildman–Crippen MR) is 69.7 cm³/mol. The second-order valence-electron chi connectivity index (χ2n) is 4.10. The van der Waals surface area contributed by atoms with Crippen molar-refractivity contribution < 1.29 is 4.21 Å². The molecule has 0 fully saturated rings. The summed E-state index contributed by atoms with van der Waals surface area (Å²) in [6.07, 6.45) is 8.09. The Balaban J connectivity index is 3.73. The molecule has 0 aromatic carbocycles. The Morgan fingerprint density at radius 3 is 2.60 bits per heavy atom. The Bertz CT molecular complexity index is 194. The average Bonchev–Trinajstić information content (AvgIpc) is 2.21. The summed E-state index contributed by atoms with van der Waals surface area (Å²) in [5.41, 5.74) is 0. The zero-order valence-corrected chi connectivity index (χ0v) is 11.1. The number of allylic oxidation sites excluding steroid dienone is 1. The quantitative estimate of drug-likeness (QED) is 0.618. The third-order valence-corrected chi connectivity index (χ3v) is 3.38. The zero-order valence-electron chi connectivity index (χ0n) is 10.3. The molecule has 1 N–H and O–H groups in total. The number of rotatable bonds is 9. The van der Waals surface area contributed by atoms with Crippen molar-refractivity contribution in [1.29, 1.82) is 0 Å². The molecule has 3 atom stereocenters. The van der Waals surface area contributed by atoms with Crippen molar-refractivity contribution in [3.8, 4) is 0 Å². The number of nitrogens with one attached hydrogen (secondary N) is 1. The van der Waals surface area contributed by atoms with Crippen molar-refractivity contribution >= 4 is 10.8 Å². The fourth-order valence-corrected chi connectivity index (χ4v) is 2.24. The lowest BCUT2D eigenvalue weighted by molar-refractivity contribution is 0.409. The van der Waals surface area contributed by atoms with Gasteiger partial charge in [0.2, 0.25) is 0 Å². The Labute approximate surface area is 97.0 Å². The van der Waals surface area contributed by atoms with Crippen molar-refractivity contribution in [3.05, 3.63) is 12.7 Å². The van der Waals surface area contributed by atoms with Crippen LogP contribution in [0.15, 0.2) is 12.7 Å². The molecule has 0 spiro atoms. The highest BCUT2D eigenvalue weighted by molar-refractivity contribution is 7.84. The van der Waals surface area contributed by atoms with E-state index >= 15 is 0 Å². The molecule has 0 radical (unpaired) electrons. The van der Waals surface area contributed by atoms with Gasteiger partial charge in [-0.15, -0.1) is 6.58 Å². The molecule has 0 aromatic heterocycles. The molecule has 0 aliphatic heterocycles. The molecule has 15 heavy (non-hydrogen) atoms. The minimum absolute atomic E-state index is 0.462. The lowest BCUT2D eigenvalue weighted by Crippen LogP contribution is -2.36. The van der Waals surface area contributed by atoms with Gasteiger partial charge in [0.15, 0.2) is 0 Å². The molecule has 0 aliphatic carbocycles. The van der Waals surface area contributed by atoms with Crippen molar-refractivity contribution in [2.45, 2.75) is 51.6 Å². The van der Waals surface area contributed by atoms with Crippen molar-refractivity contribution in [2.24, 2.45) is 0 Å². The summed E-state index contributed by atoms with van der Waals surface area (Å²) in [6.45, 7) is 8.11. The highest BCUT2D eigenvalue weighted by Gasteiger charge is 2.09. The fraction of sp³-hybridized carbons (Fsp3) is 0.833. The molecule has 3 heteroatoms. The lowest BCUT2D eigenvalue weighted by Gasteiger charge is -2.21. The smallest absolute Gasteiger partial charge is 0.0246 e. The molecule has 0 bridgehead atoms. The highest BCUT2D eigenvalue weighted by atomic mass is 32.2. The van der Waals surface area contributed by atoms with E-state index in [4.69, 9.17) is 0 Å². The van der Waals surface area contributed by atoms with Crippen molar-refractivity contribution in [2.75, 3.05) is 12.0 Å². The normalized spacial score (nSPS) is 17.0. The second-order valence-corrected chi connectivity index (χ2v) is 5.66. The van der Waals surface area contributed by atoms with Gasteiger partial charge in [-0.3, -0.25) is 4.21 Å². The van der Waals surface area contributed by atoms with E-state index in [1.54, 1.807) is 6.26 Å². The third-order valence-electron chi connectivity index (χ3n) is 2.57. The molecule has 0 saturated carbocycles. The third kappa shape index (κ3) is 8.82. The molecule has 0 heterocycles. The Morgan fingerprint density at radius 1 is 1.47 bits per heavy atom. The topological polar surface area (TPSA) is 29.1 Å². The Morgan fingerprint density at radius 2 is 2.13 bits per heavy atom. The first-order valence-corrected chi connectivity index (χ1v) is 7.49. The van der Waals surface area contributed by atoms with E-state index in [0.29, 0.717) is 12.1 Å². The minimum atomic E-state index is -0.664. The lowest BCUT2D eigenvalue weighted by atomic mass is 10.1.